The van der Waals surface area contributed by atoms with Crippen molar-refractivity contribution < 1.29 is 0 Å². The van der Waals surface area contributed by atoms with Crippen LogP contribution in [-0.4, -0.2) is 4.98 Å². The summed E-state index contributed by atoms with van der Waals surface area (Å²) in [5, 5.41) is 12.6. The van der Waals surface area contributed by atoms with Gasteiger partial charge >= 0.3 is 0 Å². The minimum absolute atomic E-state index is 0.227. The lowest BCUT2D eigenvalue weighted by atomic mass is 10.3. The molecule has 6 heteroatoms. The van der Waals surface area contributed by atoms with Gasteiger partial charge in [-0.1, -0.05) is 22.9 Å². The number of nitrogens with one attached hydrogen (secondary N) is 1. The zero-order chi connectivity index (χ0) is 11.5. The quantitative estimate of drug-likeness (QED) is 0.804. The number of hydrogen-bond acceptors (Lipinski definition) is 5. The number of nitrogens with two attached hydrogens (primary N) is 1. The van der Waals surface area contributed by atoms with Gasteiger partial charge in [0, 0.05) is 11.4 Å². The molecule has 0 aliphatic carbocycles. The number of rotatable bonds is 2. The van der Waals surface area contributed by atoms with Crippen LogP contribution in [0, 0.1) is 11.3 Å². The zero-order valence-electron chi connectivity index (χ0n) is 8.07. The number of aromatic nitrogens is 1. The van der Waals surface area contributed by atoms with Gasteiger partial charge in [0.05, 0.1) is 0 Å². The first-order chi connectivity index (χ1) is 7.69. The Kier molecular flexibility index (Phi) is 2.95. The Labute approximate surface area is 101 Å². The minimum atomic E-state index is 0.227. The summed E-state index contributed by atoms with van der Waals surface area (Å²) >= 11 is 6.97. The van der Waals surface area contributed by atoms with Gasteiger partial charge < -0.3 is 11.1 Å². The molecule has 2 aromatic rings. The van der Waals surface area contributed by atoms with Crippen LogP contribution in [0.25, 0.3) is 0 Å². The third kappa shape index (κ3) is 2.24. The van der Waals surface area contributed by atoms with E-state index < -0.39 is 0 Å². The highest BCUT2D eigenvalue weighted by Gasteiger charge is 2.08. The van der Waals surface area contributed by atoms with E-state index in [1.54, 1.807) is 12.1 Å². The van der Waals surface area contributed by atoms with Crippen molar-refractivity contribution in [2.45, 2.75) is 0 Å². The first-order valence-corrected chi connectivity index (χ1v) is 5.57. The monoisotopic (exact) mass is 250 g/mol. The summed E-state index contributed by atoms with van der Waals surface area (Å²) < 4.78 is 0. The molecular weight excluding hydrogens is 244 g/mol. The van der Waals surface area contributed by atoms with Gasteiger partial charge in [0.1, 0.15) is 10.9 Å². The number of nitrogens with zero attached hydrogens (tertiary/aromatic N) is 2. The molecule has 0 aliphatic rings. The van der Waals surface area contributed by atoms with E-state index >= 15 is 0 Å². The second-order valence-corrected chi connectivity index (χ2v) is 4.35. The fourth-order valence-electron chi connectivity index (χ4n) is 1.11. The molecule has 1 heterocycles. The number of anilines is 3. The number of nitriles is 1. The van der Waals surface area contributed by atoms with Crippen LogP contribution >= 0.6 is 22.9 Å². The van der Waals surface area contributed by atoms with Crippen LogP contribution in [0.4, 0.5) is 16.5 Å². The Morgan fingerprint density at radius 1 is 1.38 bits per heavy atom. The van der Waals surface area contributed by atoms with Crippen LogP contribution in [0.2, 0.25) is 5.15 Å². The van der Waals surface area contributed by atoms with Crippen LogP contribution in [0.3, 0.4) is 0 Å². The molecule has 0 spiro atoms. The van der Waals surface area contributed by atoms with E-state index in [1.807, 2.05) is 18.2 Å². The van der Waals surface area contributed by atoms with Crippen LogP contribution in [0.15, 0.2) is 24.3 Å². The van der Waals surface area contributed by atoms with Gasteiger partial charge in [0.25, 0.3) is 0 Å². The average molecular weight is 251 g/mol. The van der Waals surface area contributed by atoms with Crippen molar-refractivity contribution in [2.75, 3.05) is 11.1 Å². The van der Waals surface area contributed by atoms with Crippen LogP contribution < -0.4 is 11.1 Å². The fourth-order valence-corrected chi connectivity index (χ4v) is 2.08. The molecular formula is C10H7ClN4S. The normalized spacial score (nSPS) is 9.75. The molecule has 1 aromatic carbocycles. The predicted octanol–water partition coefficient (Wildman–Crippen LogP) is 2.99. The number of halogens is 1. The Balaban J connectivity index is 2.21. The van der Waals surface area contributed by atoms with Crippen molar-refractivity contribution in [2.24, 2.45) is 0 Å². The maximum Gasteiger partial charge on any atom is 0.189 e. The SMILES string of the molecule is N#Cc1sc(Nc2ccc(N)cc2)nc1Cl. The topological polar surface area (TPSA) is 74.7 Å². The van der Waals surface area contributed by atoms with Gasteiger partial charge in [-0.25, -0.2) is 4.98 Å². The maximum absolute atomic E-state index is 8.73. The molecule has 0 saturated carbocycles. The van der Waals surface area contributed by atoms with E-state index in [0.29, 0.717) is 15.7 Å². The molecule has 0 saturated heterocycles. The van der Waals surface area contributed by atoms with E-state index in [2.05, 4.69) is 10.3 Å². The smallest absolute Gasteiger partial charge is 0.189 e. The first-order valence-electron chi connectivity index (χ1n) is 4.38. The number of hydrogen-bond donors (Lipinski definition) is 2. The summed E-state index contributed by atoms with van der Waals surface area (Å²) in [6, 6.07) is 9.20. The minimum Gasteiger partial charge on any atom is -0.399 e. The van der Waals surface area contributed by atoms with E-state index in [-0.39, 0.29) is 5.15 Å². The molecule has 0 atom stereocenters. The Morgan fingerprint density at radius 2 is 2.06 bits per heavy atom. The van der Waals surface area contributed by atoms with Crippen LogP contribution in [0.5, 0.6) is 0 Å². The second-order valence-electron chi connectivity index (χ2n) is 3.00. The van der Waals surface area contributed by atoms with E-state index in [9.17, 15) is 0 Å². The largest absolute Gasteiger partial charge is 0.399 e. The summed E-state index contributed by atoms with van der Waals surface area (Å²) in [5.74, 6) is 0. The third-order valence-corrected chi connectivity index (χ3v) is 3.11. The van der Waals surface area contributed by atoms with E-state index in [1.165, 1.54) is 11.3 Å². The molecule has 0 unspecified atom stereocenters. The maximum atomic E-state index is 8.73. The molecule has 3 N–H and O–H groups in total. The van der Waals surface area contributed by atoms with Crippen LogP contribution in [0.1, 0.15) is 4.88 Å². The first kappa shape index (κ1) is 10.7. The van der Waals surface area contributed by atoms with E-state index in [0.717, 1.165) is 5.69 Å². The van der Waals surface area contributed by atoms with Gasteiger partial charge in [-0.15, -0.1) is 0 Å². The molecule has 2 rings (SSSR count). The average Bonchev–Trinajstić information content (AvgIpc) is 2.62. The Hall–Kier alpha value is -1.77. The summed E-state index contributed by atoms with van der Waals surface area (Å²) in [5.41, 5.74) is 7.11. The molecule has 4 nitrogen and oxygen atoms in total. The predicted molar refractivity (Wildman–Crippen MR) is 66.0 cm³/mol. The summed E-state index contributed by atoms with van der Waals surface area (Å²) in [6.07, 6.45) is 0. The fraction of sp³-hybridized carbons (Fsp3) is 0. The zero-order valence-corrected chi connectivity index (χ0v) is 9.64. The van der Waals surface area contributed by atoms with Crippen molar-refractivity contribution in [1.29, 1.82) is 5.26 Å². The number of benzene rings is 1. The molecule has 16 heavy (non-hydrogen) atoms. The van der Waals surface area contributed by atoms with Crippen molar-refractivity contribution in [3.8, 4) is 6.07 Å². The van der Waals surface area contributed by atoms with Crippen molar-refractivity contribution in [3.05, 3.63) is 34.3 Å². The molecule has 0 fully saturated rings. The molecule has 80 valence electrons. The molecule has 0 amide bonds. The van der Waals surface area contributed by atoms with Gasteiger partial charge in [-0.05, 0) is 24.3 Å². The number of thiazole rings is 1. The number of nitrogen functional groups attached to an aromatic ring is 1. The Morgan fingerprint density at radius 3 is 2.62 bits per heavy atom. The highest BCUT2D eigenvalue weighted by molar-refractivity contribution is 7.16. The molecule has 0 aliphatic heterocycles. The lowest BCUT2D eigenvalue weighted by molar-refractivity contribution is 1.38. The summed E-state index contributed by atoms with van der Waals surface area (Å²) in [7, 11) is 0. The summed E-state index contributed by atoms with van der Waals surface area (Å²) in [6.45, 7) is 0. The van der Waals surface area contributed by atoms with Crippen molar-refractivity contribution in [3.63, 3.8) is 0 Å². The Bertz CT molecular complexity index is 541. The lowest BCUT2D eigenvalue weighted by Gasteiger charge is -2.01. The van der Waals surface area contributed by atoms with Crippen molar-refractivity contribution in [1.82, 2.24) is 4.98 Å². The highest BCUT2D eigenvalue weighted by atomic mass is 35.5. The standard InChI is InChI=1S/C10H7ClN4S/c11-9-8(5-12)16-10(15-9)14-7-3-1-6(13)2-4-7/h1-4H,13H2,(H,14,15). The molecule has 0 bridgehead atoms. The van der Waals surface area contributed by atoms with Gasteiger partial charge in [-0.2, -0.15) is 5.26 Å². The second kappa shape index (κ2) is 4.39. The van der Waals surface area contributed by atoms with Gasteiger partial charge in [0.15, 0.2) is 10.3 Å². The highest BCUT2D eigenvalue weighted by Crippen LogP contribution is 2.28. The van der Waals surface area contributed by atoms with Gasteiger partial charge in [-0.3, -0.25) is 0 Å². The van der Waals surface area contributed by atoms with Gasteiger partial charge in [0.2, 0.25) is 0 Å². The third-order valence-electron chi connectivity index (χ3n) is 1.85. The van der Waals surface area contributed by atoms with E-state index in [4.69, 9.17) is 22.6 Å². The lowest BCUT2D eigenvalue weighted by Crippen LogP contribution is -1.90. The van der Waals surface area contributed by atoms with Crippen molar-refractivity contribution >= 4 is 39.4 Å². The van der Waals surface area contributed by atoms with Crippen LogP contribution in [-0.2, 0) is 0 Å². The summed E-state index contributed by atoms with van der Waals surface area (Å²) in [4.78, 5) is 4.42. The molecule has 1 aromatic heterocycles. The molecule has 0 radical (unpaired) electrons.